The van der Waals surface area contributed by atoms with Gasteiger partial charge in [0.15, 0.2) is 0 Å². The second-order valence-corrected chi connectivity index (χ2v) is 7.24. The Morgan fingerprint density at radius 3 is 2.50 bits per heavy atom. The topological polar surface area (TPSA) is 98.7 Å². The lowest BCUT2D eigenvalue weighted by atomic mass is 10.1. The highest BCUT2D eigenvalue weighted by molar-refractivity contribution is 6.29. The Balaban J connectivity index is 1.96. The fourth-order valence-electron chi connectivity index (χ4n) is 2.99. The van der Waals surface area contributed by atoms with Gasteiger partial charge in [0.25, 0.3) is 5.91 Å². The molecule has 0 unspecified atom stereocenters. The molecule has 1 fully saturated rings. The van der Waals surface area contributed by atoms with E-state index >= 15 is 0 Å². The number of carboxylic acid groups (broad SMARTS) is 1. The Morgan fingerprint density at radius 1 is 1.18 bits per heavy atom. The molecule has 148 valence electrons. The molecule has 0 bridgehead atoms. The molecule has 1 aliphatic rings. The van der Waals surface area contributed by atoms with Crippen LogP contribution in [0.25, 0.3) is 11.3 Å². The molecule has 3 heterocycles. The van der Waals surface area contributed by atoms with Crippen LogP contribution in [0.15, 0.2) is 30.5 Å². The van der Waals surface area contributed by atoms with Gasteiger partial charge < -0.3 is 20.2 Å². The van der Waals surface area contributed by atoms with E-state index in [1.807, 2.05) is 18.7 Å². The molecule has 3 rings (SSSR count). The van der Waals surface area contributed by atoms with E-state index in [1.54, 1.807) is 30.5 Å². The van der Waals surface area contributed by atoms with Gasteiger partial charge in [0.2, 0.25) is 0 Å². The average Bonchev–Trinajstić information content (AvgIpc) is 2.67. The quantitative estimate of drug-likeness (QED) is 0.761. The van der Waals surface area contributed by atoms with Crippen molar-refractivity contribution in [2.45, 2.75) is 19.9 Å². The molecule has 2 aromatic rings. The van der Waals surface area contributed by atoms with E-state index < -0.39 is 6.09 Å². The van der Waals surface area contributed by atoms with E-state index in [2.05, 4.69) is 10.3 Å². The van der Waals surface area contributed by atoms with E-state index in [-0.39, 0.29) is 11.9 Å². The fourth-order valence-corrected chi connectivity index (χ4v) is 3.17. The van der Waals surface area contributed by atoms with Crippen LogP contribution < -0.4 is 10.2 Å². The van der Waals surface area contributed by atoms with Crippen molar-refractivity contribution in [1.29, 1.82) is 0 Å². The highest BCUT2D eigenvalue weighted by Gasteiger charge is 2.23. The van der Waals surface area contributed by atoms with Crippen LogP contribution in [0.3, 0.4) is 0 Å². The standard InChI is InChI=1S/C19H22ClN5O3/c1-12(2)22-18(26)14-9-15(13-3-4-21-16(20)10-13)23-17(11-14)24-5-7-25(8-6-24)19(27)28/h3-4,9-12H,5-8H2,1-2H3,(H,22,26)(H,27,28). The number of halogens is 1. The van der Waals surface area contributed by atoms with Crippen LogP contribution in [0.5, 0.6) is 0 Å². The van der Waals surface area contributed by atoms with Crippen LogP contribution in [0.2, 0.25) is 5.15 Å². The number of hydrogen-bond donors (Lipinski definition) is 2. The fraction of sp³-hybridized carbons (Fsp3) is 0.368. The number of hydrogen-bond acceptors (Lipinski definition) is 5. The molecule has 2 aromatic heterocycles. The smallest absolute Gasteiger partial charge is 0.407 e. The molecule has 0 atom stereocenters. The first-order chi connectivity index (χ1) is 13.3. The monoisotopic (exact) mass is 403 g/mol. The van der Waals surface area contributed by atoms with E-state index in [0.29, 0.717) is 48.4 Å². The van der Waals surface area contributed by atoms with Gasteiger partial charge in [-0.25, -0.2) is 14.8 Å². The van der Waals surface area contributed by atoms with Gasteiger partial charge in [-0.1, -0.05) is 11.6 Å². The van der Waals surface area contributed by atoms with E-state index in [1.165, 1.54) is 4.90 Å². The van der Waals surface area contributed by atoms with E-state index in [9.17, 15) is 9.59 Å². The van der Waals surface area contributed by atoms with Gasteiger partial charge in [0, 0.05) is 49.5 Å². The molecule has 0 saturated carbocycles. The molecule has 0 aromatic carbocycles. The zero-order valence-electron chi connectivity index (χ0n) is 15.7. The van der Waals surface area contributed by atoms with E-state index in [4.69, 9.17) is 21.7 Å². The summed E-state index contributed by atoms with van der Waals surface area (Å²) in [7, 11) is 0. The summed E-state index contributed by atoms with van der Waals surface area (Å²) in [4.78, 5) is 35.8. The predicted octanol–water partition coefficient (Wildman–Crippen LogP) is 2.74. The van der Waals surface area contributed by atoms with Crippen molar-refractivity contribution in [3.05, 3.63) is 41.2 Å². The van der Waals surface area contributed by atoms with Crippen molar-refractivity contribution in [3.63, 3.8) is 0 Å². The lowest BCUT2D eigenvalue weighted by Gasteiger charge is -2.34. The van der Waals surface area contributed by atoms with Crippen molar-refractivity contribution in [1.82, 2.24) is 20.2 Å². The first-order valence-corrected chi connectivity index (χ1v) is 9.39. The average molecular weight is 404 g/mol. The van der Waals surface area contributed by atoms with Crippen LogP contribution in [-0.4, -0.2) is 64.2 Å². The first-order valence-electron chi connectivity index (χ1n) is 9.01. The molecule has 2 N–H and O–H groups in total. The van der Waals surface area contributed by atoms with Crippen LogP contribution in [0.4, 0.5) is 10.6 Å². The Morgan fingerprint density at radius 2 is 1.89 bits per heavy atom. The number of pyridine rings is 2. The summed E-state index contributed by atoms with van der Waals surface area (Å²) >= 11 is 6.01. The second kappa shape index (κ2) is 8.43. The minimum absolute atomic E-state index is 0.00189. The summed E-state index contributed by atoms with van der Waals surface area (Å²) in [5, 5.41) is 12.4. The Hall–Kier alpha value is -2.87. The number of rotatable bonds is 4. The van der Waals surface area contributed by atoms with Gasteiger partial charge in [-0.3, -0.25) is 4.79 Å². The first kappa shape index (κ1) is 19.9. The predicted molar refractivity (Wildman–Crippen MR) is 107 cm³/mol. The van der Waals surface area contributed by atoms with Gasteiger partial charge >= 0.3 is 6.09 Å². The van der Waals surface area contributed by atoms with Crippen molar-refractivity contribution in [2.75, 3.05) is 31.1 Å². The van der Waals surface area contributed by atoms with Gasteiger partial charge in [0.05, 0.1) is 5.69 Å². The number of nitrogens with zero attached hydrogens (tertiary/aromatic N) is 4. The molecule has 1 aliphatic heterocycles. The second-order valence-electron chi connectivity index (χ2n) is 6.85. The molecule has 0 radical (unpaired) electrons. The maximum Gasteiger partial charge on any atom is 0.407 e. The molecule has 2 amide bonds. The zero-order valence-corrected chi connectivity index (χ0v) is 16.5. The Kier molecular flexibility index (Phi) is 5.99. The number of aromatic nitrogens is 2. The Bertz CT molecular complexity index is 882. The third kappa shape index (κ3) is 4.69. The molecule has 9 heteroatoms. The highest BCUT2D eigenvalue weighted by atomic mass is 35.5. The van der Waals surface area contributed by atoms with Gasteiger partial charge in [-0.15, -0.1) is 0 Å². The number of carbonyl (C=O) groups is 2. The number of anilines is 1. The summed E-state index contributed by atoms with van der Waals surface area (Å²) in [5.41, 5.74) is 1.85. The van der Waals surface area contributed by atoms with Gasteiger partial charge in [0.1, 0.15) is 11.0 Å². The van der Waals surface area contributed by atoms with Crippen molar-refractivity contribution in [3.8, 4) is 11.3 Å². The lowest BCUT2D eigenvalue weighted by Crippen LogP contribution is -2.48. The SMILES string of the molecule is CC(C)NC(=O)c1cc(-c2ccnc(Cl)c2)nc(N2CCN(C(=O)O)CC2)c1. The van der Waals surface area contributed by atoms with Crippen molar-refractivity contribution in [2.24, 2.45) is 0 Å². The summed E-state index contributed by atoms with van der Waals surface area (Å²) < 4.78 is 0. The third-order valence-corrected chi connectivity index (χ3v) is 4.60. The zero-order chi connectivity index (χ0) is 20.3. The molecule has 8 nitrogen and oxygen atoms in total. The van der Waals surface area contributed by atoms with Crippen molar-refractivity contribution >= 4 is 29.4 Å². The van der Waals surface area contributed by atoms with Crippen LogP contribution in [0, 0.1) is 0 Å². The normalized spacial score (nSPS) is 14.3. The number of nitrogens with one attached hydrogen (secondary N) is 1. The largest absolute Gasteiger partial charge is 0.465 e. The maximum absolute atomic E-state index is 12.6. The number of amides is 2. The van der Waals surface area contributed by atoms with Crippen LogP contribution in [-0.2, 0) is 0 Å². The van der Waals surface area contributed by atoms with Crippen LogP contribution in [0.1, 0.15) is 24.2 Å². The molecular formula is C19H22ClN5O3. The number of carbonyl (C=O) groups excluding carboxylic acids is 1. The molecule has 0 aliphatic carbocycles. The minimum Gasteiger partial charge on any atom is -0.465 e. The molecule has 28 heavy (non-hydrogen) atoms. The maximum atomic E-state index is 12.6. The van der Waals surface area contributed by atoms with E-state index in [0.717, 1.165) is 5.56 Å². The highest BCUT2D eigenvalue weighted by Crippen LogP contribution is 2.25. The number of piperazine rings is 1. The molecule has 1 saturated heterocycles. The summed E-state index contributed by atoms with van der Waals surface area (Å²) in [6.45, 7) is 5.57. The lowest BCUT2D eigenvalue weighted by molar-refractivity contribution is 0.0943. The van der Waals surface area contributed by atoms with Crippen molar-refractivity contribution < 1.29 is 14.7 Å². The molecular weight excluding hydrogens is 382 g/mol. The summed E-state index contributed by atoms with van der Waals surface area (Å²) in [6, 6.07) is 6.94. The Labute approximate surface area is 168 Å². The minimum atomic E-state index is -0.926. The summed E-state index contributed by atoms with van der Waals surface area (Å²) in [5.74, 6) is 0.439. The van der Waals surface area contributed by atoms with Gasteiger partial charge in [-0.2, -0.15) is 0 Å². The molecule has 0 spiro atoms. The van der Waals surface area contributed by atoms with Gasteiger partial charge in [-0.05, 0) is 38.1 Å². The third-order valence-electron chi connectivity index (χ3n) is 4.39. The summed E-state index contributed by atoms with van der Waals surface area (Å²) in [6.07, 6.45) is 0.663. The van der Waals surface area contributed by atoms with Crippen LogP contribution >= 0.6 is 11.6 Å².